The first kappa shape index (κ1) is 66.5. The largest absolute Gasteiger partial charge is 0.147 e. The molecule has 5 heavy (non-hydrogen) atoms. The van der Waals surface area contributed by atoms with Crippen LogP contribution in [0.4, 0.5) is 0 Å². The van der Waals surface area contributed by atoms with Crippen molar-refractivity contribution in [2.45, 2.75) is 0 Å². The van der Waals surface area contributed by atoms with Gasteiger partial charge >= 0.3 is 0 Å². The van der Waals surface area contributed by atoms with Gasteiger partial charge < -0.3 is 0 Å². The van der Waals surface area contributed by atoms with Crippen LogP contribution in [0.25, 0.3) is 0 Å². The van der Waals surface area contributed by atoms with Crippen LogP contribution in [0.15, 0.2) is 0 Å². The van der Waals surface area contributed by atoms with Crippen molar-refractivity contribution in [1.82, 2.24) is 0 Å². The molecule has 0 N–H and O–H groups in total. The zero-order valence-corrected chi connectivity index (χ0v) is 7.54. The summed E-state index contributed by atoms with van der Waals surface area (Å²) >= 11 is 0. The predicted molar refractivity (Wildman–Crippen MR) is 29.0 cm³/mol. The van der Waals surface area contributed by atoms with Gasteiger partial charge in [0.05, 0.1) is 0 Å². The number of hydrogen-bond donors (Lipinski definition) is 0. The Bertz CT molecular complexity index is 3.61. The monoisotopic (exact) mass is 237 g/mol. The minimum Gasteiger partial charge on any atom is -0.147 e. The summed E-state index contributed by atoms with van der Waals surface area (Å²) in [5.74, 6) is 0. The van der Waals surface area contributed by atoms with Gasteiger partial charge in [0.1, 0.15) is 0 Å². The van der Waals surface area contributed by atoms with Crippen molar-refractivity contribution in [2.75, 3.05) is 0 Å². The molecule has 0 nitrogen and oxygen atoms in total. The molecule has 0 saturated carbocycles. The molecule has 0 spiro atoms. The fraction of sp³-hybridized carbons (Fsp3) is 0. The van der Waals surface area contributed by atoms with E-state index in [9.17, 15) is 0 Å². The summed E-state index contributed by atoms with van der Waals surface area (Å²) < 4.78 is 0. The number of halogens is 4. The molecule has 0 saturated heterocycles. The maximum atomic E-state index is 0. The van der Waals surface area contributed by atoms with E-state index in [2.05, 4.69) is 0 Å². The third-order valence-corrected chi connectivity index (χ3v) is 0. The summed E-state index contributed by atoms with van der Waals surface area (Å²) in [6, 6.07) is 0. The fourth-order valence-electron chi connectivity index (χ4n) is 0. The molecule has 0 rings (SSSR count). The molecule has 0 atom stereocenters. The SMILES string of the molecule is Cl.Cl.Cl.Cl.[Nb]. The zero-order chi connectivity index (χ0) is 0. The summed E-state index contributed by atoms with van der Waals surface area (Å²) in [7, 11) is 0. The van der Waals surface area contributed by atoms with Gasteiger partial charge in [-0.15, -0.1) is 49.6 Å². The summed E-state index contributed by atoms with van der Waals surface area (Å²) in [5.41, 5.74) is 0. The van der Waals surface area contributed by atoms with Crippen LogP contribution in [0.2, 0.25) is 0 Å². The standard InChI is InChI=1S/4ClH.Nb/h4*1H;. The predicted octanol–water partition coefficient (Wildman–Crippen LogP) is 1.68. The van der Waals surface area contributed by atoms with Crippen molar-refractivity contribution in [2.24, 2.45) is 0 Å². The molecule has 0 amide bonds. The molecule has 0 bridgehead atoms. The molecule has 0 aliphatic rings. The van der Waals surface area contributed by atoms with Crippen molar-refractivity contribution in [3.05, 3.63) is 0 Å². The van der Waals surface area contributed by atoms with Crippen molar-refractivity contribution in [3.8, 4) is 0 Å². The Balaban J connectivity index is 0. The molecule has 5 heteroatoms. The van der Waals surface area contributed by atoms with Gasteiger partial charge in [-0.3, -0.25) is 0 Å². The van der Waals surface area contributed by atoms with Gasteiger partial charge in [0.2, 0.25) is 0 Å². The molecule has 0 aromatic heterocycles. The van der Waals surface area contributed by atoms with E-state index in [0.29, 0.717) is 0 Å². The minimum absolute atomic E-state index is 0. The van der Waals surface area contributed by atoms with Crippen molar-refractivity contribution in [3.63, 3.8) is 0 Å². The van der Waals surface area contributed by atoms with E-state index in [1.54, 1.807) is 0 Å². The molecular formula is H4Cl4Nb. The maximum Gasteiger partial charge on any atom is 0 e. The Hall–Kier alpha value is 1.90. The molecule has 1 radical (unpaired) electrons. The second kappa shape index (κ2) is 39.2. The van der Waals surface area contributed by atoms with E-state index in [0.717, 1.165) is 0 Å². The fourth-order valence-corrected chi connectivity index (χ4v) is 0. The van der Waals surface area contributed by atoms with Gasteiger partial charge in [0, 0.05) is 22.4 Å². The molecule has 37 valence electrons. The summed E-state index contributed by atoms with van der Waals surface area (Å²) in [6.45, 7) is 0. The molecule has 0 aromatic carbocycles. The molecular weight excluding hydrogens is 235 g/mol. The Morgan fingerprint density at radius 3 is 0.400 bits per heavy atom. The van der Waals surface area contributed by atoms with Crippen LogP contribution in [-0.2, 0) is 22.4 Å². The normalized spacial score (nSPS) is 0. The van der Waals surface area contributed by atoms with Crippen LogP contribution in [0.3, 0.4) is 0 Å². The van der Waals surface area contributed by atoms with Gasteiger partial charge in [-0.1, -0.05) is 0 Å². The smallest absolute Gasteiger partial charge is 0 e. The zero-order valence-electron chi connectivity index (χ0n) is 2.08. The number of rotatable bonds is 0. The molecule has 0 fully saturated rings. The first-order valence-corrected chi connectivity index (χ1v) is 0. The Morgan fingerprint density at radius 2 is 0.400 bits per heavy atom. The van der Waals surface area contributed by atoms with Crippen molar-refractivity contribution >= 4 is 49.6 Å². The Morgan fingerprint density at radius 1 is 0.400 bits per heavy atom. The van der Waals surface area contributed by atoms with E-state index in [1.807, 2.05) is 0 Å². The number of hydrogen-bond acceptors (Lipinski definition) is 0. The quantitative estimate of drug-likeness (QED) is 0.564. The van der Waals surface area contributed by atoms with Crippen molar-refractivity contribution in [1.29, 1.82) is 0 Å². The average Bonchev–Trinajstić information content (AvgIpc) is 0. The maximum absolute atomic E-state index is 0. The van der Waals surface area contributed by atoms with E-state index in [-0.39, 0.29) is 72.0 Å². The van der Waals surface area contributed by atoms with Crippen LogP contribution in [0, 0.1) is 0 Å². The third-order valence-electron chi connectivity index (χ3n) is 0. The van der Waals surface area contributed by atoms with E-state index < -0.39 is 0 Å². The van der Waals surface area contributed by atoms with Gasteiger partial charge in [-0.2, -0.15) is 0 Å². The van der Waals surface area contributed by atoms with Crippen LogP contribution in [-0.4, -0.2) is 0 Å². The van der Waals surface area contributed by atoms with E-state index in [4.69, 9.17) is 0 Å². The van der Waals surface area contributed by atoms with Crippen LogP contribution >= 0.6 is 49.6 Å². The van der Waals surface area contributed by atoms with Gasteiger partial charge in [0.15, 0.2) is 0 Å². The van der Waals surface area contributed by atoms with Crippen molar-refractivity contribution < 1.29 is 22.4 Å². The molecule has 0 heterocycles. The summed E-state index contributed by atoms with van der Waals surface area (Å²) in [5, 5.41) is 0. The first-order chi connectivity index (χ1) is 0. The molecule has 0 aromatic rings. The summed E-state index contributed by atoms with van der Waals surface area (Å²) in [6.07, 6.45) is 0. The van der Waals surface area contributed by atoms with E-state index >= 15 is 0 Å². The topological polar surface area (TPSA) is 0 Å². The van der Waals surface area contributed by atoms with Crippen LogP contribution in [0.1, 0.15) is 0 Å². The van der Waals surface area contributed by atoms with Crippen LogP contribution < -0.4 is 0 Å². The van der Waals surface area contributed by atoms with Gasteiger partial charge in [-0.25, -0.2) is 0 Å². The minimum atomic E-state index is 0. The summed E-state index contributed by atoms with van der Waals surface area (Å²) in [4.78, 5) is 0. The average molecular weight is 239 g/mol. The Kier molecular flexibility index (Phi) is 522. The Labute approximate surface area is 71.6 Å². The van der Waals surface area contributed by atoms with Gasteiger partial charge in [0.25, 0.3) is 0 Å². The second-order valence-electron chi connectivity index (χ2n) is 0. The molecule has 0 unspecified atom stereocenters. The van der Waals surface area contributed by atoms with Gasteiger partial charge in [-0.05, 0) is 0 Å². The van der Waals surface area contributed by atoms with E-state index in [1.165, 1.54) is 0 Å². The first-order valence-electron chi connectivity index (χ1n) is 0. The molecule has 0 aliphatic carbocycles. The van der Waals surface area contributed by atoms with Crippen LogP contribution in [0.5, 0.6) is 0 Å². The molecule has 0 aliphatic heterocycles. The second-order valence-corrected chi connectivity index (χ2v) is 0. The third kappa shape index (κ3) is 24.9.